The maximum Gasteiger partial charge on any atom is 0.259 e. The maximum atomic E-state index is 13.1. The molecule has 6 heteroatoms. The van der Waals surface area contributed by atoms with E-state index in [0.29, 0.717) is 17.0 Å². The number of nitrogens with zero attached hydrogens (tertiary/aromatic N) is 4. The van der Waals surface area contributed by atoms with Crippen LogP contribution in [0.1, 0.15) is 65.8 Å². The summed E-state index contributed by atoms with van der Waals surface area (Å²) in [6, 6.07) is 2.24. The van der Waals surface area contributed by atoms with E-state index in [0.717, 1.165) is 37.3 Å². The van der Waals surface area contributed by atoms with E-state index in [9.17, 15) is 4.79 Å². The van der Waals surface area contributed by atoms with Crippen LogP contribution in [0.4, 0.5) is 0 Å². The summed E-state index contributed by atoms with van der Waals surface area (Å²) in [5.74, 6) is 0.873. The Morgan fingerprint density at radius 3 is 2.75 bits per heavy atom. The van der Waals surface area contributed by atoms with Crippen LogP contribution in [0.5, 0.6) is 0 Å². The van der Waals surface area contributed by atoms with Crippen molar-refractivity contribution in [3.8, 4) is 0 Å². The number of hydrogen-bond acceptors (Lipinski definition) is 4. The summed E-state index contributed by atoms with van der Waals surface area (Å²) >= 11 is 0. The van der Waals surface area contributed by atoms with E-state index in [1.54, 1.807) is 0 Å². The second kappa shape index (κ2) is 6.42. The number of rotatable bonds is 4. The van der Waals surface area contributed by atoms with Crippen molar-refractivity contribution in [2.24, 2.45) is 0 Å². The summed E-state index contributed by atoms with van der Waals surface area (Å²) in [6.45, 7) is 11.5. The third-order valence-corrected chi connectivity index (χ3v) is 4.75. The molecule has 0 aromatic carbocycles. The van der Waals surface area contributed by atoms with Crippen molar-refractivity contribution in [2.75, 3.05) is 6.54 Å². The highest BCUT2D eigenvalue weighted by molar-refractivity contribution is 5.96. The lowest BCUT2D eigenvalue weighted by molar-refractivity contribution is 0.0717. The van der Waals surface area contributed by atoms with E-state index < -0.39 is 0 Å². The summed E-state index contributed by atoms with van der Waals surface area (Å²) in [4.78, 5) is 15.1. The number of amides is 1. The number of carbonyl (C=O) groups is 1. The Balaban J connectivity index is 1.84. The molecule has 3 rings (SSSR count). The molecule has 1 saturated heterocycles. The molecule has 0 aliphatic carbocycles. The standard InChI is InChI=1S/C18H26N4O2/c1-11(2)17-16(14(5)20-24-17)18(23)21-8-6-7-15(21)10-22-13(4)9-12(3)19-22/h9,11,15H,6-8,10H2,1-5H3. The summed E-state index contributed by atoms with van der Waals surface area (Å²) in [7, 11) is 0. The molecule has 2 aromatic heterocycles. The fourth-order valence-corrected chi connectivity index (χ4v) is 3.54. The van der Waals surface area contributed by atoms with E-state index in [1.165, 1.54) is 0 Å². The highest BCUT2D eigenvalue weighted by Crippen LogP contribution is 2.28. The molecule has 0 bridgehead atoms. The molecule has 1 fully saturated rings. The number of likely N-dealkylation sites (tertiary alicyclic amines) is 1. The Bertz CT molecular complexity index is 744. The van der Waals surface area contributed by atoms with Crippen molar-refractivity contribution in [2.45, 2.75) is 66.0 Å². The minimum absolute atomic E-state index is 0.0430. The van der Waals surface area contributed by atoms with Crippen LogP contribution in [0.2, 0.25) is 0 Å². The fraction of sp³-hybridized carbons (Fsp3) is 0.611. The van der Waals surface area contributed by atoms with Crippen LogP contribution in [-0.2, 0) is 6.54 Å². The van der Waals surface area contributed by atoms with Crippen molar-refractivity contribution in [3.05, 3.63) is 34.5 Å². The Hall–Kier alpha value is -2.11. The lowest BCUT2D eigenvalue weighted by Crippen LogP contribution is -2.39. The van der Waals surface area contributed by atoms with Gasteiger partial charge in [-0.3, -0.25) is 9.48 Å². The van der Waals surface area contributed by atoms with Crippen LogP contribution in [0.3, 0.4) is 0 Å². The molecule has 3 heterocycles. The highest BCUT2D eigenvalue weighted by Gasteiger charge is 2.34. The first-order valence-corrected chi connectivity index (χ1v) is 8.66. The van der Waals surface area contributed by atoms with E-state index in [4.69, 9.17) is 4.52 Å². The van der Waals surface area contributed by atoms with Gasteiger partial charge in [-0.25, -0.2) is 0 Å². The van der Waals surface area contributed by atoms with E-state index >= 15 is 0 Å². The topological polar surface area (TPSA) is 64.2 Å². The van der Waals surface area contributed by atoms with Gasteiger partial charge in [0, 0.05) is 18.2 Å². The maximum absolute atomic E-state index is 13.1. The first-order chi connectivity index (χ1) is 11.4. The van der Waals surface area contributed by atoms with Crippen LogP contribution in [0, 0.1) is 20.8 Å². The second-order valence-corrected chi connectivity index (χ2v) is 7.07. The highest BCUT2D eigenvalue weighted by atomic mass is 16.5. The van der Waals surface area contributed by atoms with Crippen LogP contribution < -0.4 is 0 Å². The van der Waals surface area contributed by atoms with Gasteiger partial charge in [0.15, 0.2) is 5.76 Å². The lowest BCUT2D eigenvalue weighted by Gasteiger charge is -2.25. The summed E-state index contributed by atoms with van der Waals surface area (Å²) in [5, 5.41) is 8.56. The Morgan fingerprint density at radius 2 is 2.12 bits per heavy atom. The molecule has 1 aliphatic rings. The average molecular weight is 330 g/mol. The monoisotopic (exact) mass is 330 g/mol. The van der Waals surface area contributed by atoms with Gasteiger partial charge in [-0.05, 0) is 39.7 Å². The van der Waals surface area contributed by atoms with E-state index in [2.05, 4.69) is 23.2 Å². The minimum Gasteiger partial charge on any atom is -0.360 e. The Morgan fingerprint density at radius 1 is 1.38 bits per heavy atom. The average Bonchev–Trinajstić information content (AvgIpc) is 3.19. The molecule has 1 unspecified atom stereocenters. The molecule has 1 aliphatic heterocycles. The van der Waals surface area contributed by atoms with Gasteiger partial charge in [0.25, 0.3) is 5.91 Å². The van der Waals surface area contributed by atoms with E-state index in [-0.39, 0.29) is 17.9 Å². The molecule has 1 atom stereocenters. The van der Waals surface area contributed by atoms with Crippen LogP contribution in [-0.4, -0.2) is 38.3 Å². The zero-order chi connectivity index (χ0) is 17.4. The van der Waals surface area contributed by atoms with Crippen molar-refractivity contribution < 1.29 is 9.32 Å². The molecule has 1 amide bonds. The smallest absolute Gasteiger partial charge is 0.259 e. The van der Waals surface area contributed by atoms with E-state index in [1.807, 2.05) is 37.3 Å². The largest absolute Gasteiger partial charge is 0.360 e. The first kappa shape index (κ1) is 16.7. The molecule has 0 spiro atoms. The predicted molar refractivity (Wildman–Crippen MR) is 91.1 cm³/mol. The number of hydrogen-bond donors (Lipinski definition) is 0. The normalized spacial score (nSPS) is 17.9. The third-order valence-electron chi connectivity index (χ3n) is 4.75. The molecule has 24 heavy (non-hydrogen) atoms. The molecule has 0 saturated carbocycles. The third kappa shape index (κ3) is 2.97. The van der Waals surface area contributed by atoms with Crippen LogP contribution >= 0.6 is 0 Å². The molecular weight excluding hydrogens is 304 g/mol. The van der Waals surface area contributed by atoms with Crippen molar-refractivity contribution in [3.63, 3.8) is 0 Å². The predicted octanol–water partition coefficient (Wildman–Crippen LogP) is 3.22. The van der Waals surface area contributed by atoms with Gasteiger partial charge < -0.3 is 9.42 Å². The number of carbonyl (C=O) groups excluding carboxylic acids is 1. The van der Waals surface area contributed by atoms with Crippen molar-refractivity contribution >= 4 is 5.91 Å². The summed E-state index contributed by atoms with van der Waals surface area (Å²) in [6.07, 6.45) is 2.03. The molecule has 6 nitrogen and oxygen atoms in total. The zero-order valence-corrected chi connectivity index (χ0v) is 15.2. The Kier molecular flexibility index (Phi) is 4.47. The molecule has 0 radical (unpaired) electrons. The number of aryl methyl sites for hydroxylation is 3. The SMILES string of the molecule is Cc1cc(C)n(CC2CCCN2C(=O)c2c(C)noc2C(C)C)n1. The lowest BCUT2D eigenvalue weighted by atomic mass is 10.0. The number of aromatic nitrogens is 3. The molecule has 130 valence electrons. The van der Waals surface area contributed by atoms with Crippen molar-refractivity contribution in [1.29, 1.82) is 0 Å². The van der Waals surface area contributed by atoms with Crippen LogP contribution in [0.15, 0.2) is 10.6 Å². The molecule has 0 N–H and O–H groups in total. The Labute approximate surface area is 142 Å². The van der Waals surface area contributed by atoms with Crippen molar-refractivity contribution in [1.82, 2.24) is 19.8 Å². The van der Waals surface area contributed by atoms with Crippen LogP contribution in [0.25, 0.3) is 0 Å². The van der Waals surface area contributed by atoms with Gasteiger partial charge in [-0.15, -0.1) is 0 Å². The first-order valence-electron chi connectivity index (χ1n) is 8.66. The van der Waals surface area contributed by atoms with Gasteiger partial charge in [0.05, 0.1) is 24.0 Å². The summed E-state index contributed by atoms with van der Waals surface area (Å²) < 4.78 is 7.41. The van der Waals surface area contributed by atoms with Gasteiger partial charge in [0.1, 0.15) is 5.56 Å². The van der Waals surface area contributed by atoms with Gasteiger partial charge >= 0.3 is 0 Å². The van der Waals surface area contributed by atoms with Gasteiger partial charge in [0.2, 0.25) is 0 Å². The fourth-order valence-electron chi connectivity index (χ4n) is 3.54. The minimum atomic E-state index is 0.0430. The second-order valence-electron chi connectivity index (χ2n) is 7.07. The van der Waals surface area contributed by atoms with Gasteiger partial charge in [-0.2, -0.15) is 5.10 Å². The summed E-state index contributed by atoms with van der Waals surface area (Å²) in [5.41, 5.74) is 3.47. The zero-order valence-electron chi connectivity index (χ0n) is 15.2. The molecule has 2 aromatic rings. The van der Waals surface area contributed by atoms with Gasteiger partial charge in [-0.1, -0.05) is 19.0 Å². The molecular formula is C18H26N4O2. The quantitative estimate of drug-likeness (QED) is 0.863.